The number of carboxylic acid groups (broad SMARTS) is 1. The van der Waals surface area contributed by atoms with Gasteiger partial charge in [-0.3, -0.25) is 19.2 Å². The van der Waals surface area contributed by atoms with Crippen molar-refractivity contribution < 1.29 is 24.3 Å². The fraction of sp³-hybridized carbons (Fsp3) is 0.875. The summed E-state index contributed by atoms with van der Waals surface area (Å²) in [6, 6.07) is 0. The first-order chi connectivity index (χ1) is 18.9. The fourth-order valence-corrected chi connectivity index (χ4v) is 5.65. The lowest BCUT2D eigenvalue weighted by molar-refractivity contribution is -0.138. The maximum Gasteiger partial charge on any atom is 0.303 e. The van der Waals surface area contributed by atoms with E-state index in [1.54, 1.807) is 11.8 Å². The Bertz CT molecular complexity index is 640. The minimum absolute atomic E-state index is 0.0719. The number of Topliss-reactive ketones (excluding diaryl/α,β-unsaturated/α-hetero) is 2. The number of rotatable bonds is 30. The largest absolute Gasteiger partial charge is 0.481 e. The Hall–Kier alpha value is -1.37. The van der Waals surface area contributed by atoms with Crippen LogP contribution in [-0.2, 0) is 19.2 Å². The molecule has 1 unspecified atom stereocenters. The molecule has 0 radical (unpaired) electrons. The van der Waals surface area contributed by atoms with Gasteiger partial charge in [-0.25, -0.2) is 0 Å². The Morgan fingerprint density at radius 1 is 0.667 bits per heavy atom. The maximum absolute atomic E-state index is 12.7. The maximum atomic E-state index is 12.7. The standard InChI is InChI=1S/C32H59NO5S/c1-3-5-6-7-8-9-10-11-12-13-14-15-18-21-30(35)26-28(22-23-31(36)37)32(38)33-24-19-16-17-20-25-39-27-29(34)4-2/h28H,3-27H2,1-2H3,(H,33,38)(H,36,37). The Morgan fingerprint density at radius 3 is 1.77 bits per heavy atom. The van der Waals surface area contributed by atoms with Gasteiger partial charge >= 0.3 is 5.97 Å². The van der Waals surface area contributed by atoms with E-state index in [1.165, 1.54) is 64.2 Å². The van der Waals surface area contributed by atoms with Gasteiger partial charge in [0.05, 0.1) is 5.75 Å². The van der Waals surface area contributed by atoms with Gasteiger partial charge in [-0.1, -0.05) is 104 Å². The molecule has 0 aromatic heterocycles. The van der Waals surface area contributed by atoms with Crippen LogP contribution in [0.2, 0.25) is 0 Å². The van der Waals surface area contributed by atoms with Gasteiger partial charge in [0.1, 0.15) is 11.6 Å². The van der Waals surface area contributed by atoms with Crippen LogP contribution in [0.3, 0.4) is 0 Å². The van der Waals surface area contributed by atoms with E-state index in [0.717, 1.165) is 50.7 Å². The SMILES string of the molecule is CCCCCCCCCCCCCCCC(=O)CC(CCC(=O)O)C(=O)NCCCCCCSCC(=O)CC. The quantitative estimate of drug-likeness (QED) is 0.0844. The average Bonchev–Trinajstić information content (AvgIpc) is 2.92. The molecule has 0 heterocycles. The summed E-state index contributed by atoms with van der Waals surface area (Å²) in [5.41, 5.74) is 0. The molecule has 228 valence electrons. The number of amides is 1. The van der Waals surface area contributed by atoms with Crippen LogP contribution in [0.15, 0.2) is 0 Å². The van der Waals surface area contributed by atoms with Crippen molar-refractivity contribution in [3.8, 4) is 0 Å². The minimum Gasteiger partial charge on any atom is -0.481 e. The van der Waals surface area contributed by atoms with Crippen molar-refractivity contribution in [2.75, 3.05) is 18.1 Å². The average molecular weight is 570 g/mol. The second kappa shape index (κ2) is 28.2. The summed E-state index contributed by atoms with van der Waals surface area (Å²) in [5.74, 6) is 0.270. The number of hydrogen-bond donors (Lipinski definition) is 2. The van der Waals surface area contributed by atoms with Crippen LogP contribution in [0.1, 0.15) is 155 Å². The van der Waals surface area contributed by atoms with E-state index in [1.807, 2.05) is 6.92 Å². The molecule has 0 saturated carbocycles. The van der Waals surface area contributed by atoms with Crippen LogP contribution in [0, 0.1) is 5.92 Å². The second-order valence-electron chi connectivity index (χ2n) is 11.0. The highest BCUT2D eigenvalue weighted by Crippen LogP contribution is 2.17. The van der Waals surface area contributed by atoms with E-state index in [4.69, 9.17) is 5.11 Å². The molecule has 0 aliphatic rings. The zero-order valence-electron chi connectivity index (χ0n) is 25.2. The van der Waals surface area contributed by atoms with Crippen LogP contribution in [0.4, 0.5) is 0 Å². The van der Waals surface area contributed by atoms with Gasteiger partial charge in [0.2, 0.25) is 5.91 Å². The summed E-state index contributed by atoms with van der Waals surface area (Å²) in [6.45, 7) is 4.69. The number of thioether (sulfide) groups is 1. The second-order valence-corrected chi connectivity index (χ2v) is 12.1. The number of hydrogen-bond acceptors (Lipinski definition) is 5. The molecular formula is C32H59NO5S. The lowest BCUT2D eigenvalue weighted by Gasteiger charge is -2.15. The van der Waals surface area contributed by atoms with E-state index < -0.39 is 11.9 Å². The Balaban J connectivity index is 3.94. The van der Waals surface area contributed by atoms with E-state index >= 15 is 0 Å². The normalized spacial score (nSPS) is 11.8. The number of carbonyl (C=O) groups is 4. The summed E-state index contributed by atoms with van der Waals surface area (Å²) < 4.78 is 0. The predicted octanol–water partition coefficient (Wildman–Crippen LogP) is 8.30. The molecule has 0 rings (SSSR count). The molecule has 0 aliphatic carbocycles. The molecule has 0 bridgehead atoms. The third kappa shape index (κ3) is 26.6. The van der Waals surface area contributed by atoms with Crippen molar-refractivity contribution in [3.05, 3.63) is 0 Å². The number of carboxylic acids is 1. The van der Waals surface area contributed by atoms with E-state index in [0.29, 0.717) is 30.9 Å². The zero-order chi connectivity index (χ0) is 29.0. The van der Waals surface area contributed by atoms with Gasteiger partial charge in [0, 0.05) is 38.1 Å². The zero-order valence-corrected chi connectivity index (χ0v) is 26.1. The predicted molar refractivity (Wildman–Crippen MR) is 164 cm³/mol. The highest BCUT2D eigenvalue weighted by Gasteiger charge is 2.22. The number of nitrogens with one attached hydrogen (secondary N) is 1. The number of unbranched alkanes of at least 4 members (excludes halogenated alkanes) is 15. The summed E-state index contributed by atoms with van der Waals surface area (Å²) >= 11 is 1.69. The third-order valence-corrected chi connectivity index (χ3v) is 8.39. The van der Waals surface area contributed by atoms with Crippen molar-refractivity contribution >= 4 is 35.2 Å². The van der Waals surface area contributed by atoms with Gasteiger partial charge in [-0.15, -0.1) is 0 Å². The lowest BCUT2D eigenvalue weighted by Crippen LogP contribution is -2.33. The summed E-state index contributed by atoms with van der Waals surface area (Å²) in [7, 11) is 0. The lowest BCUT2D eigenvalue weighted by atomic mass is 9.93. The molecule has 0 fully saturated rings. The number of aliphatic carboxylic acids is 1. The molecular weight excluding hydrogens is 510 g/mol. The minimum atomic E-state index is -0.935. The molecule has 1 amide bonds. The molecule has 7 heteroatoms. The molecule has 6 nitrogen and oxygen atoms in total. The van der Waals surface area contributed by atoms with Gasteiger partial charge in [-0.05, 0) is 31.4 Å². The van der Waals surface area contributed by atoms with Crippen LogP contribution in [-0.4, -0.2) is 46.6 Å². The van der Waals surface area contributed by atoms with Crippen molar-refractivity contribution in [2.45, 2.75) is 155 Å². The highest BCUT2D eigenvalue weighted by atomic mass is 32.2. The number of carbonyl (C=O) groups excluding carboxylic acids is 3. The molecule has 0 aromatic rings. The third-order valence-electron chi connectivity index (χ3n) is 7.28. The van der Waals surface area contributed by atoms with E-state index in [-0.39, 0.29) is 31.0 Å². The monoisotopic (exact) mass is 569 g/mol. The van der Waals surface area contributed by atoms with E-state index in [2.05, 4.69) is 12.2 Å². The van der Waals surface area contributed by atoms with Crippen molar-refractivity contribution in [1.82, 2.24) is 5.32 Å². The first-order valence-corrected chi connectivity index (χ1v) is 17.2. The van der Waals surface area contributed by atoms with Gasteiger partial charge in [-0.2, -0.15) is 11.8 Å². The van der Waals surface area contributed by atoms with Crippen molar-refractivity contribution in [2.24, 2.45) is 5.92 Å². The molecule has 0 aromatic carbocycles. The first-order valence-electron chi connectivity index (χ1n) is 16.0. The van der Waals surface area contributed by atoms with Crippen molar-refractivity contribution in [3.63, 3.8) is 0 Å². The summed E-state index contributed by atoms with van der Waals surface area (Å²) in [4.78, 5) is 47.5. The Kier molecular flexibility index (Phi) is 27.2. The Labute approximate surface area is 243 Å². The van der Waals surface area contributed by atoms with Crippen LogP contribution < -0.4 is 5.32 Å². The van der Waals surface area contributed by atoms with Crippen LogP contribution in [0.5, 0.6) is 0 Å². The van der Waals surface area contributed by atoms with Gasteiger partial charge in [0.15, 0.2) is 0 Å². The van der Waals surface area contributed by atoms with Crippen LogP contribution >= 0.6 is 11.8 Å². The number of ketones is 2. The van der Waals surface area contributed by atoms with Gasteiger partial charge in [0.25, 0.3) is 0 Å². The smallest absolute Gasteiger partial charge is 0.303 e. The molecule has 0 spiro atoms. The Morgan fingerprint density at radius 2 is 1.21 bits per heavy atom. The van der Waals surface area contributed by atoms with Crippen molar-refractivity contribution in [1.29, 1.82) is 0 Å². The summed E-state index contributed by atoms with van der Waals surface area (Å²) in [6.07, 6.45) is 21.7. The fourth-order valence-electron chi connectivity index (χ4n) is 4.67. The topological polar surface area (TPSA) is 101 Å². The molecule has 39 heavy (non-hydrogen) atoms. The molecule has 2 N–H and O–H groups in total. The van der Waals surface area contributed by atoms with Gasteiger partial charge < -0.3 is 10.4 Å². The summed E-state index contributed by atoms with van der Waals surface area (Å²) in [5, 5.41) is 12.0. The molecule has 1 atom stereocenters. The van der Waals surface area contributed by atoms with Crippen LogP contribution in [0.25, 0.3) is 0 Å². The first kappa shape index (κ1) is 37.6. The molecule has 0 saturated heterocycles. The van der Waals surface area contributed by atoms with E-state index in [9.17, 15) is 19.2 Å². The molecule has 0 aliphatic heterocycles. The highest BCUT2D eigenvalue weighted by molar-refractivity contribution is 7.99.